The van der Waals surface area contributed by atoms with Crippen molar-refractivity contribution in [3.8, 4) is 5.75 Å². The van der Waals surface area contributed by atoms with E-state index in [2.05, 4.69) is 10.6 Å². The van der Waals surface area contributed by atoms with E-state index in [1.807, 2.05) is 19.9 Å². The molecule has 0 aromatic heterocycles. The third-order valence-corrected chi connectivity index (χ3v) is 5.30. The Hall–Kier alpha value is -2.77. The summed E-state index contributed by atoms with van der Waals surface area (Å²) in [6.45, 7) is 5.98. The Morgan fingerprint density at radius 1 is 1.21 bits per heavy atom. The van der Waals surface area contributed by atoms with Crippen molar-refractivity contribution in [2.45, 2.75) is 20.3 Å². The van der Waals surface area contributed by atoms with Gasteiger partial charge in [-0.2, -0.15) is 0 Å². The van der Waals surface area contributed by atoms with Gasteiger partial charge < -0.3 is 25.2 Å². The molecule has 1 aromatic rings. The predicted octanol–water partition coefficient (Wildman–Crippen LogP) is 1.53. The van der Waals surface area contributed by atoms with Crippen molar-refractivity contribution >= 4 is 23.5 Å². The van der Waals surface area contributed by atoms with E-state index >= 15 is 0 Å². The molecule has 2 fully saturated rings. The summed E-state index contributed by atoms with van der Waals surface area (Å²) < 4.78 is 5.20. The molecular weight excluding hydrogens is 360 g/mol. The minimum Gasteiger partial charge on any atom is -0.497 e. The van der Waals surface area contributed by atoms with Crippen LogP contribution in [0.25, 0.3) is 0 Å². The molecule has 0 aliphatic carbocycles. The molecule has 152 valence electrons. The number of nitrogens with zero attached hydrogens (tertiary/aromatic N) is 2. The molecule has 8 heteroatoms. The zero-order valence-electron chi connectivity index (χ0n) is 16.7. The number of nitrogens with one attached hydrogen (secondary N) is 2. The van der Waals surface area contributed by atoms with Crippen LogP contribution in [0.4, 0.5) is 10.5 Å². The molecule has 0 bridgehead atoms. The lowest BCUT2D eigenvalue weighted by Crippen LogP contribution is -2.46. The second-order valence-electron chi connectivity index (χ2n) is 7.95. The maximum atomic E-state index is 12.9. The maximum Gasteiger partial charge on any atom is 0.321 e. The van der Waals surface area contributed by atoms with Crippen molar-refractivity contribution in [2.24, 2.45) is 11.3 Å². The summed E-state index contributed by atoms with van der Waals surface area (Å²) in [6, 6.07) is 6.91. The Morgan fingerprint density at radius 3 is 2.57 bits per heavy atom. The first kappa shape index (κ1) is 20.0. The molecule has 4 amide bonds. The van der Waals surface area contributed by atoms with Gasteiger partial charge in [-0.25, -0.2) is 4.79 Å². The highest BCUT2D eigenvalue weighted by molar-refractivity contribution is 5.90. The van der Waals surface area contributed by atoms with Crippen LogP contribution in [0.2, 0.25) is 0 Å². The molecule has 3 rings (SSSR count). The highest BCUT2D eigenvalue weighted by Crippen LogP contribution is 2.31. The summed E-state index contributed by atoms with van der Waals surface area (Å²) in [6.07, 6.45) is 0.317. The van der Waals surface area contributed by atoms with Crippen molar-refractivity contribution in [2.75, 3.05) is 45.2 Å². The number of amides is 4. The summed E-state index contributed by atoms with van der Waals surface area (Å²) in [4.78, 5) is 40.9. The van der Waals surface area contributed by atoms with Crippen LogP contribution in [0, 0.1) is 11.3 Å². The molecule has 1 unspecified atom stereocenters. The maximum absolute atomic E-state index is 12.9. The first-order chi connectivity index (χ1) is 13.3. The standard InChI is InChI=1S/C20H28N4O4/c1-14(2)18(26)23-7-8-24(13-20(12-23)10-17(25)21-11-20)19(27)22-15-5-4-6-16(9-15)28-3/h4-6,9,14H,7-8,10-13H2,1-3H3,(H,21,25)(H,22,27). The van der Waals surface area contributed by atoms with Gasteiger partial charge in [-0.3, -0.25) is 9.59 Å². The zero-order valence-corrected chi connectivity index (χ0v) is 16.7. The number of urea groups is 1. The Balaban J connectivity index is 1.78. The molecule has 2 aliphatic heterocycles. The molecule has 2 saturated heterocycles. The van der Waals surface area contributed by atoms with Gasteiger partial charge in [0.15, 0.2) is 0 Å². The number of anilines is 1. The van der Waals surface area contributed by atoms with Gasteiger partial charge in [0, 0.05) is 62.2 Å². The number of carbonyl (C=O) groups excluding carboxylic acids is 3. The van der Waals surface area contributed by atoms with Crippen LogP contribution in [-0.2, 0) is 9.59 Å². The van der Waals surface area contributed by atoms with Gasteiger partial charge in [-0.05, 0) is 12.1 Å². The first-order valence-corrected chi connectivity index (χ1v) is 9.57. The van der Waals surface area contributed by atoms with Crippen LogP contribution in [0.15, 0.2) is 24.3 Å². The summed E-state index contributed by atoms with van der Waals surface area (Å²) in [5.41, 5.74) is 0.183. The largest absolute Gasteiger partial charge is 0.497 e. The lowest BCUT2D eigenvalue weighted by atomic mass is 9.86. The normalized spacial score (nSPS) is 22.2. The van der Waals surface area contributed by atoms with E-state index in [0.717, 1.165) is 0 Å². The van der Waals surface area contributed by atoms with Gasteiger partial charge in [-0.15, -0.1) is 0 Å². The van der Waals surface area contributed by atoms with Crippen molar-refractivity contribution in [1.82, 2.24) is 15.1 Å². The second kappa shape index (κ2) is 8.08. The minimum atomic E-state index is -0.455. The minimum absolute atomic E-state index is 0.0352. The van der Waals surface area contributed by atoms with Crippen molar-refractivity contribution in [3.05, 3.63) is 24.3 Å². The van der Waals surface area contributed by atoms with E-state index in [9.17, 15) is 14.4 Å². The van der Waals surface area contributed by atoms with Gasteiger partial charge in [0.2, 0.25) is 11.8 Å². The number of rotatable bonds is 3. The van der Waals surface area contributed by atoms with Crippen LogP contribution in [0.3, 0.4) is 0 Å². The highest BCUT2D eigenvalue weighted by Gasteiger charge is 2.45. The van der Waals surface area contributed by atoms with E-state index in [-0.39, 0.29) is 23.8 Å². The van der Waals surface area contributed by atoms with Crippen molar-refractivity contribution in [1.29, 1.82) is 0 Å². The van der Waals surface area contributed by atoms with Crippen LogP contribution in [0.1, 0.15) is 20.3 Å². The van der Waals surface area contributed by atoms with Gasteiger partial charge in [-0.1, -0.05) is 19.9 Å². The molecule has 1 spiro atoms. The Kier molecular flexibility index (Phi) is 5.76. The monoisotopic (exact) mass is 388 g/mol. The fourth-order valence-corrected chi connectivity index (χ4v) is 3.86. The van der Waals surface area contributed by atoms with E-state index in [4.69, 9.17) is 4.74 Å². The first-order valence-electron chi connectivity index (χ1n) is 9.57. The Labute approximate surface area is 165 Å². The molecule has 28 heavy (non-hydrogen) atoms. The lowest BCUT2D eigenvalue weighted by Gasteiger charge is -2.33. The SMILES string of the molecule is COc1cccc(NC(=O)N2CCN(C(=O)C(C)C)CC3(CNC(=O)C3)C2)c1. The molecule has 2 heterocycles. The van der Waals surface area contributed by atoms with E-state index in [0.29, 0.717) is 50.6 Å². The summed E-state index contributed by atoms with van der Waals surface area (Å²) in [5.74, 6) is 0.546. The fourth-order valence-electron chi connectivity index (χ4n) is 3.86. The number of methoxy groups -OCH3 is 1. The molecular formula is C20H28N4O4. The average molecular weight is 388 g/mol. The van der Waals surface area contributed by atoms with Crippen LogP contribution in [0.5, 0.6) is 5.75 Å². The molecule has 2 aliphatic rings. The molecule has 1 atom stereocenters. The highest BCUT2D eigenvalue weighted by atomic mass is 16.5. The summed E-state index contributed by atoms with van der Waals surface area (Å²) in [5, 5.41) is 5.77. The Morgan fingerprint density at radius 2 is 1.93 bits per heavy atom. The van der Waals surface area contributed by atoms with E-state index < -0.39 is 5.41 Å². The van der Waals surface area contributed by atoms with Crippen LogP contribution in [-0.4, -0.2) is 67.5 Å². The fraction of sp³-hybridized carbons (Fsp3) is 0.550. The summed E-state index contributed by atoms with van der Waals surface area (Å²) >= 11 is 0. The number of carbonyl (C=O) groups is 3. The van der Waals surface area contributed by atoms with Gasteiger partial charge in [0.1, 0.15) is 5.75 Å². The number of ether oxygens (including phenoxy) is 1. The van der Waals surface area contributed by atoms with Crippen LogP contribution >= 0.6 is 0 Å². The molecule has 0 saturated carbocycles. The molecule has 1 aromatic carbocycles. The smallest absolute Gasteiger partial charge is 0.321 e. The zero-order chi connectivity index (χ0) is 20.3. The van der Waals surface area contributed by atoms with Crippen molar-refractivity contribution < 1.29 is 19.1 Å². The topological polar surface area (TPSA) is 91.0 Å². The van der Waals surface area contributed by atoms with Gasteiger partial charge >= 0.3 is 6.03 Å². The molecule has 8 nitrogen and oxygen atoms in total. The third-order valence-electron chi connectivity index (χ3n) is 5.30. The quantitative estimate of drug-likeness (QED) is 0.822. The second-order valence-corrected chi connectivity index (χ2v) is 7.95. The molecule has 2 N–H and O–H groups in total. The average Bonchev–Trinajstić information content (AvgIpc) is 2.92. The number of benzene rings is 1. The summed E-state index contributed by atoms with van der Waals surface area (Å²) in [7, 11) is 1.57. The van der Waals surface area contributed by atoms with Gasteiger partial charge in [0.05, 0.1) is 7.11 Å². The van der Waals surface area contributed by atoms with Crippen molar-refractivity contribution in [3.63, 3.8) is 0 Å². The predicted molar refractivity (Wildman–Crippen MR) is 105 cm³/mol. The molecule has 0 radical (unpaired) electrons. The third kappa shape index (κ3) is 4.37. The number of hydrogen-bond donors (Lipinski definition) is 2. The lowest BCUT2D eigenvalue weighted by molar-refractivity contribution is -0.135. The van der Waals surface area contributed by atoms with Gasteiger partial charge in [0.25, 0.3) is 0 Å². The number of hydrogen-bond acceptors (Lipinski definition) is 4. The van der Waals surface area contributed by atoms with Crippen LogP contribution < -0.4 is 15.4 Å². The Bertz CT molecular complexity index is 766. The van der Waals surface area contributed by atoms with E-state index in [1.54, 1.807) is 35.1 Å². The van der Waals surface area contributed by atoms with E-state index in [1.165, 1.54) is 0 Å².